The van der Waals surface area contributed by atoms with Crippen molar-refractivity contribution < 1.29 is 33.1 Å². The van der Waals surface area contributed by atoms with E-state index in [1.165, 1.54) is 12.1 Å². The van der Waals surface area contributed by atoms with Crippen LogP contribution in [-0.2, 0) is 30.2 Å². The molecule has 3 aromatic heterocycles. The van der Waals surface area contributed by atoms with Crippen molar-refractivity contribution in [1.82, 2.24) is 19.9 Å². The van der Waals surface area contributed by atoms with Gasteiger partial charge in [0.05, 0.1) is 27.7 Å². The van der Waals surface area contributed by atoms with Gasteiger partial charge in [-0.05, 0) is 102 Å². The zero-order valence-corrected chi connectivity index (χ0v) is 33.9. The standard InChI is InChI=1S/C47H34N4O3S.Ir/c1-28-4-10-31(11-5-28)44-36-20-22-38(48-36)45(32-12-6-29(2)7-13-32)40-24-26-42(50-40)47(34-16-18-35(19-17-34)55(52,53)54)43-27-25-41(51-43)46(39-23-21-37(44)49-39)33-14-8-30(3)9-15-33;/h4-27H,1-3H3,(H,52,53,54);/q-2;. The number of fused-ring (bicyclic) bond motifs is 8. The Labute approximate surface area is 338 Å². The monoisotopic (exact) mass is 927 g/mol. The van der Waals surface area contributed by atoms with E-state index in [-0.39, 0.29) is 25.0 Å². The summed E-state index contributed by atoms with van der Waals surface area (Å²) in [5, 5.41) is 0. The number of rotatable bonds is 5. The molecule has 7 aromatic rings. The van der Waals surface area contributed by atoms with Crippen LogP contribution >= 0.6 is 0 Å². The summed E-state index contributed by atoms with van der Waals surface area (Å²) in [4.78, 5) is 20.9. The molecule has 7 nitrogen and oxygen atoms in total. The molecule has 1 radical (unpaired) electrons. The van der Waals surface area contributed by atoms with Crippen LogP contribution in [-0.4, -0.2) is 22.9 Å². The average molecular weight is 927 g/mol. The molecular formula is C47H34IrN4O3S-2. The molecule has 277 valence electrons. The van der Waals surface area contributed by atoms with Gasteiger partial charge in [-0.1, -0.05) is 126 Å². The van der Waals surface area contributed by atoms with E-state index >= 15 is 0 Å². The van der Waals surface area contributed by atoms with Gasteiger partial charge in [0, 0.05) is 20.1 Å². The largest absolute Gasteiger partial charge is 0.657 e. The minimum Gasteiger partial charge on any atom is -0.657 e. The first kappa shape index (κ1) is 37.0. The molecule has 0 aliphatic carbocycles. The molecule has 2 aliphatic rings. The van der Waals surface area contributed by atoms with Crippen molar-refractivity contribution in [2.75, 3.05) is 0 Å². The van der Waals surface area contributed by atoms with Gasteiger partial charge in [0.15, 0.2) is 0 Å². The van der Waals surface area contributed by atoms with Gasteiger partial charge in [-0.3, -0.25) is 4.55 Å². The second-order valence-electron chi connectivity index (χ2n) is 14.0. The molecule has 9 heteroatoms. The molecule has 0 saturated carbocycles. The molecule has 0 atom stereocenters. The van der Waals surface area contributed by atoms with E-state index in [9.17, 15) is 13.0 Å². The Hall–Kier alpha value is -5.96. The topological polar surface area (TPSA) is 108 Å². The number of hydrogen-bond acceptors (Lipinski definition) is 4. The molecule has 0 amide bonds. The maximum atomic E-state index is 12.0. The molecule has 4 aromatic carbocycles. The number of aromatic nitrogens is 4. The summed E-state index contributed by atoms with van der Waals surface area (Å²) in [5.74, 6) is 0. The maximum Gasteiger partial charge on any atom is 0.294 e. The zero-order valence-electron chi connectivity index (χ0n) is 30.7. The van der Waals surface area contributed by atoms with Crippen LogP contribution in [0.3, 0.4) is 0 Å². The third kappa shape index (κ3) is 6.91. The van der Waals surface area contributed by atoms with Crippen molar-refractivity contribution in [2.45, 2.75) is 25.7 Å². The predicted octanol–water partition coefficient (Wildman–Crippen LogP) is 10.8. The van der Waals surface area contributed by atoms with Gasteiger partial charge in [0.2, 0.25) is 0 Å². The Morgan fingerprint density at radius 1 is 0.411 bits per heavy atom. The Bertz CT molecular complexity index is 2950. The van der Waals surface area contributed by atoms with Gasteiger partial charge in [0.25, 0.3) is 10.1 Å². The van der Waals surface area contributed by atoms with E-state index in [0.717, 1.165) is 83.7 Å². The summed E-state index contributed by atoms with van der Waals surface area (Å²) in [6.07, 6.45) is 8.05. The van der Waals surface area contributed by atoms with Crippen LogP contribution in [0.25, 0.3) is 90.9 Å². The molecule has 5 heterocycles. The van der Waals surface area contributed by atoms with Crippen LogP contribution in [0.1, 0.15) is 39.5 Å². The van der Waals surface area contributed by atoms with Crippen molar-refractivity contribution in [3.05, 3.63) is 161 Å². The normalized spacial score (nSPS) is 12.1. The van der Waals surface area contributed by atoms with Gasteiger partial charge < -0.3 is 9.97 Å². The van der Waals surface area contributed by atoms with Crippen LogP contribution in [0.4, 0.5) is 0 Å². The van der Waals surface area contributed by atoms with Gasteiger partial charge >= 0.3 is 0 Å². The van der Waals surface area contributed by atoms with Gasteiger partial charge in [0.1, 0.15) is 0 Å². The fourth-order valence-corrected chi connectivity index (χ4v) is 7.70. The summed E-state index contributed by atoms with van der Waals surface area (Å²) in [6.45, 7) is 6.20. The van der Waals surface area contributed by atoms with E-state index in [4.69, 9.17) is 19.9 Å². The van der Waals surface area contributed by atoms with Crippen molar-refractivity contribution in [3.8, 4) is 44.5 Å². The summed E-state index contributed by atoms with van der Waals surface area (Å²) >= 11 is 0. The van der Waals surface area contributed by atoms with E-state index in [0.29, 0.717) is 22.3 Å². The first-order valence-corrected chi connectivity index (χ1v) is 19.4. The Morgan fingerprint density at radius 3 is 0.911 bits per heavy atom. The minimum atomic E-state index is -4.39. The van der Waals surface area contributed by atoms with Crippen LogP contribution < -0.4 is 9.97 Å². The average Bonchev–Trinajstić information content (AvgIpc) is 4.01. The molecule has 9 rings (SSSR count). The molecule has 56 heavy (non-hydrogen) atoms. The summed E-state index contributed by atoms with van der Waals surface area (Å²) in [5.41, 5.74) is 16.4. The molecule has 0 spiro atoms. The molecule has 0 unspecified atom stereocenters. The third-order valence-electron chi connectivity index (χ3n) is 10.1. The molecular weight excluding hydrogens is 893 g/mol. The second-order valence-corrected chi connectivity index (χ2v) is 15.4. The van der Waals surface area contributed by atoms with E-state index in [1.807, 2.05) is 36.4 Å². The Balaban J connectivity index is 0.00000441. The molecule has 1 N–H and O–H groups in total. The summed E-state index contributed by atoms with van der Waals surface area (Å²) in [6, 6.07) is 39.3. The number of hydrogen-bond donors (Lipinski definition) is 1. The second kappa shape index (κ2) is 14.6. The first-order chi connectivity index (χ1) is 26.6. The summed E-state index contributed by atoms with van der Waals surface area (Å²) < 4.78 is 33.7. The number of nitrogens with zero attached hydrogens (tertiary/aromatic N) is 4. The van der Waals surface area contributed by atoms with Gasteiger partial charge in [-0.2, -0.15) is 8.42 Å². The molecule has 0 fully saturated rings. The summed E-state index contributed by atoms with van der Waals surface area (Å²) in [7, 11) is -4.39. The van der Waals surface area contributed by atoms with Crippen molar-refractivity contribution in [3.63, 3.8) is 0 Å². The van der Waals surface area contributed by atoms with Crippen molar-refractivity contribution >= 4 is 56.5 Å². The van der Waals surface area contributed by atoms with Crippen LogP contribution in [0.2, 0.25) is 0 Å². The van der Waals surface area contributed by atoms with Crippen molar-refractivity contribution in [1.29, 1.82) is 0 Å². The van der Waals surface area contributed by atoms with E-state index in [1.54, 1.807) is 12.1 Å². The SMILES string of the molecule is Cc1ccc(-c2c3nc(c(-c4ccc(C)cc4)c4ccc([n-]4)c(-c4ccc(S(=O)(=O)O)cc4)c4nc(c(-c5ccc(C)cc5)c5ccc2[n-]5)C=C4)C=C3)cc1.[Ir]. The van der Waals surface area contributed by atoms with Crippen molar-refractivity contribution in [2.24, 2.45) is 0 Å². The van der Waals surface area contributed by atoms with Crippen LogP contribution in [0, 0.1) is 20.8 Å². The van der Waals surface area contributed by atoms with Crippen LogP contribution in [0.5, 0.6) is 0 Å². The molecule has 8 bridgehead atoms. The predicted molar refractivity (Wildman–Crippen MR) is 223 cm³/mol. The maximum absolute atomic E-state index is 12.0. The fourth-order valence-electron chi connectivity index (χ4n) is 7.22. The third-order valence-corrected chi connectivity index (χ3v) is 10.9. The smallest absolute Gasteiger partial charge is 0.294 e. The van der Waals surface area contributed by atoms with Crippen LogP contribution in [0.15, 0.2) is 126 Å². The Morgan fingerprint density at radius 2 is 0.661 bits per heavy atom. The first-order valence-electron chi connectivity index (χ1n) is 17.9. The van der Waals surface area contributed by atoms with E-state index < -0.39 is 10.1 Å². The molecule has 2 aliphatic heterocycles. The van der Waals surface area contributed by atoms with Gasteiger partial charge in [-0.15, -0.1) is 22.1 Å². The molecule has 0 saturated heterocycles. The number of benzene rings is 4. The van der Waals surface area contributed by atoms with E-state index in [2.05, 4.69) is 106 Å². The van der Waals surface area contributed by atoms with Gasteiger partial charge in [-0.25, -0.2) is 9.97 Å². The minimum absolute atomic E-state index is 0. The Kier molecular flexibility index (Phi) is 9.64. The number of aryl methyl sites for hydroxylation is 3. The zero-order chi connectivity index (χ0) is 37.8. The fraction of sp³-hybridized carbons (Fsp3) is 0.0638. The quantitative estimate of drug-likeness (QED) is 0.171.